The molecule has 68 valence electrons. The van der Waals surface area contributed by atoms with Crippen LogP contribution in [0.25, 0.3) is 0 Å². The molecule has 1 aliphatic heterocycles. The summed E-state index contributed by atoms with van der Waals surface area (Å²) in [6, 6.07) is 0. The molecule has 5 nitrogen and oxygen atoms in total. The molecule has 0 aromatic carbocycles. The normalized spacial score (nSPS) is 15.2. The van der Waals surface area contributed by atoms with Gasteiger partial charge in [0.05, 0.1) is 12.2 Å². The zero-order chi connectivity index (χ0) is 9.26. The Morgan fingerprint density at radius 2 is 2.46 bits per heavy atom. The summed E-state index contributed by atoms with van der Waals surface area (Å²) < 4.78 is 0. The highest BCUT2D eigenvalue weighted by Gasteiger charge is 2.16. The molecule has 1 amide bonds. The molecule has 1 aromatic heterocycles. The number of nitrogens with zero attached hydrogens (tertiary/aromatic N) is 3. The van der Waals surface area contributed by atoms with Crippen molar-refractivity contribution in [1.29, 1.82) is 0 Å². The van der Waals surface area contributed by atoms with Crippen LogP contribution in [0.4, 0.5) is 5.95 Å². The summed E-state index contributed by atoms with van der Waals surface area (Å²) in [5.41, 5.74) is 7.40. The van der Waals surface area contributed by atoms with Gasteiger partial charge in [0.2, 0.25) is 12.4 Å². The second-order valence-electron chi connectivity index (χ2n) is 3.03. The fourth-order valence-electron chi connectivity index (χ4n) is 1.43. The van der Waals surface area contributed by atoms with Crippen molar-refractivity contribution in [2.24, 2.45) is 0 Å². The van der Waals surface area contributed by atoms with Gasteiger partial charge in [-0.1, -0.05) is 0 Å². The number of rotatable bonds is 1. The summed E-state index contributed by atoms with van der Waals surface area (Å²) in [6.07, 6.45) is 3.38. The van der Waals surface area contributed by atoms with Crippen LogP contribution >= 0.6 is 0 Å². The molecule has 2 rings (SSSR count). The van der Waals surface area contributed by atoms with Crippen LogP contribution in [0.5, 0.6) is 0 Å². The van der Waals surface area contributed by atoms with Gasteiger partial charge in [0.25, 0.3) is 0 Å². The van der Waals surface area contributed by atoms with Crippen LogP contribution in [-0.4, -0.2) is 27.8 Å². The molecular formula is C8H10N4O. The lowest BCUT2D eigenvalue weighted by Gasteiger charge is -2.23. The Bertz CT molecular complexity index is 339. The van der Waals surface area contributed by atoms with Crippen molar-refractivity contribution in [3.8, 4) is 0 Å². The number of anilines is 1. The van der Waals surface area contributed by atoms with E-state index in [1.165, 1.54) is 0 Å². The first-order chi connectivity index (χ1) is 6.29. The molecule has 0 fully saturated rings. The lowest BCUT2D eigenvalue weighted by atomic mass is 10.1. The monoisotopic (exact) mass is 178 g/mol. The molecule has 0 saturated carbocycles. The summed E-state index contributed by atoms with van der Waals surface area (Å²) >= 11 is 0. The molecule has 0 bridgehead atoms. The highest BCUT2D eigenvalue weighted by Crippen LogP contribution is 2.15. The lowest BCUT2D eigenvalue weighted by Crippen LogP contribution is -2.30. The Morgan fingerprint density at radius 3 is 3.23 bits per heavy atom. The van der Waals surface area contributed by atoms with Gasteiger partial charge in [0, 0.05) is 12.7 Å². The van der Waals surface area contributed by atoms with E-state index in [0.717, 1.165) is 30.6 Å². The third-order valence-corrected chi connectivity index (χ3v) is 2.14. The van der Waals surface area contributed by atoms with Gasteiger partial charge in [-0.3, -0.25) is 4.79 Å². The smallest absolute Gasteiger partial charge is 0.220 e. The topological polar surface area (TPSA) is 72.1 Å². The van der Waals surface area contributed by atoms with Gasteiger partial charge >= 0.3 is 0 Å². The second kappa shape index (κ2) is 3.01. The first kappa shape index (κ1) is 7.97. The van der Waals surface area contributed by atoms with E-state index in [-0.39, 0.29) is 5.95 Å². The van der Waals surface area contributed by atoms with Crippen molar-refractivity contribution in [1.82, 2.24) is 14.9 Å². The Morgan fingerprint density at radius 1 is 1.62 bits per heavy atom. The van der Waals surface area contributed by atoms with Crippen molar-refractivity contribution >= 4 is 12.4 Å². The maximum absolute atomic E-state index is 10.5. The molecule has 13 heavy (non-hydrogen) atoms. The average Bonchev–Trinajstić information content (AvgIpc) is 2.16. The summed E-state index contributed by atoms with van der Waals surface area (Å²) in [4.78, 5) is 20.2. The molecule has 0 aliphatic carbocycles. The second-order valence-corrected chi connectivity index (χ2v) is 3.03. The largest absolute Gasteiger partial charge is 0.368 e. The number of carbonyl (C=O) groups excluding carboxylic acids is 1. The van der Waals surface area contributed by atoms with E-state index in [0.29, 0.717) is 6.54 Å². The van der Waals surface area contributed by atoms with Crippen molar-refractivity contribution in [3.63, 3.8) is 0 Å². The predicted octanol–water partition coefficient (Wildman–Crippen LogP) is -0.427. The molecule has 5 heteroatoms. The molecular weight excluding hydrogens is 168 g/mol. The third-order valence-electron chi connectivity index (χ3n) is 2.14. The van der Waals surface area contributed by atoms with Crippen LogP contribution < -0.4 is 5.73 Å². The molecule has 2 heterocycles. The Labute approximate surface area is 75.6 Å². The van der Waals surface area contributed by atoms with Crippen LogP contribution in [0, 0.1) is 0 Å². The van der Waals surface area contributed by atoms with Gasteiger partial charge in [-0.05, 0) is 12.0 Å². The maximum Gasteiger partial charge on any atom is 0.220 e. The molecule has 1 aliphatic rings. The standard InChI is InChI=1S/C8H10N4O/c9-8-10-3-6-1-2-12(5-13)4-7(6)11-8/h3,5H,1-2,4H2,(H2,9,10,11). The number of carbonyl (C=O) groups is 1. The van der Waals surface area contributed by atoms with Crippen molar-refractivity contribution < 1.29 is 4.79 Å². The summed E-state index contributed by atoms with van der Waals surface area (Å²) in [5, 5.41) is 0. The number of fused-ring (bicyclic) bond motifs is 1. The molecule has 0 unspecified atom stereocenters. The summed E-state index contributed by atoms with van der Waals surface area (Å²) in [5.74, 6) is 0.270. The number of amides is 1. The van der Waals surface area contributed by atoms with Gasteiger partial charge in [-0.2, -0.15) is 0 Å². The molecule has 1 aromatic rings. The van der Waals surface area contributed by atoms with E-state index >= 15 is 0 Å². The summed E-state index contributed by atoms with van der Waals surface area (Å²) in [6.45, 7) is 1.29. The van der Waals surface area contributed by atoms with Gasteiger partial charge in [0.1, 0.15) is 0 Å². The van der Waals surface area contributed by atoms with Gasteiger partial charge in [-0.25, -0.2) is 9.97 Å². The van der Waals surface area contributed by atoms with Crippen molar-refractivity contribution in [2.75, 3.05) is 12.3 Å². The third kappa shape index (κ3) is 1.44. The highest BCUT2D eigenvalue weighted by atomic mass is 16.1. The SMILES string of the molecule is Nc1ncc2c(n1)CN(C=O)CC2. The van der Waals surface area contributed by atoms with Crippen LogP contribution in [0.2, 0.25) is 0 Å². The van der Waals surface area contributed by atoms with E-state index in [9.17, 15) is 4.79 Å². The quantitative estimate of drug-likeness (QED) is 0.592. The minimum absolute atomic E-state index is 0.270. The van der Waals surface area contributed by atoms with E-state index < -0.39 is 0 Å². The maximum atomic E-state index is 10.5. The van der Waals surface area contributed by atoms with E-state index in [1.54, 1.807) is 11.1 Å². The number of nitrogens with two attached hydrogens (primary N) is 1. The van der Waals surface area contributed by atoms with Gasteiger partial charge in [-0.15, -0.1) is 0 Å². The molecule has 2 N–H and O–H groups in total. The Hall–Kier alpha value is -1.65. The van der Waals surface area contributed by atoms with Crippen LogP contribution in [-0.2, 0) is 17.8 Å². The minimum atomic E-state index is 0.270. The molecule has 0 radical (unpaired) electrons. The molecule has 0 spiro atoms. The number of hydrogen-bond donors (Lipinski definition) is 1. The van der Waals surface area contributed by atoms with Crippen LogP contribution in [0.1, 0.15) is 11.3 Å². The first-order valence-electron chi connectivity index (χ1n) is 4.09. The lowest BCUT2D eigenvalue weighted by molar-refractivity contribution is -0.119. The minimum Gasteiger partial charge on any atom is -0.368 e. The van der Waals surface area contributed by atoms with E-state index in [2.05, 4.69) is 9.97 Å². The zero-order valence-corrected chi connectivity index (χ0v) is 7.10. The Balaban J connectivity index is 2.32. The van der Waals surface area contributed by atoms with Crippen molar-refractivity contribution in [3.05, 3.63) is 17.5 Å². The van der Waals surface area contributed by atoms with Gasteiger partial charge in [0.15, 0.2) is 0 Å². The fourth-order valence-corrected chi connectivity index (χ4v) is 1.43. The Kier molecular flexibility index (Phi) is 1.84. The molecule has 0 atom stereocenters. The van der Waals surface area contributed by atoms with Crippen LogP contribution in [0.3, 0.4) is 0 Å². The average molecular weight is 178 g/mol. The van der Waals surface area contributed by atoms with Crippen LogP contribution in [0.15, 0.2) is 6.20 Å². The summed E-state index contributed by atoms with van der Waals surface area (Å²) in [7, 11) is 0. The predicted molar refractivity (Wildman–Crippen MR) is 46.6 cm³/mol. The number of hydrogen-bond acceptors (Lipinski definition) is 4. The van der Waals surface area contributed by atoms with Gasteiger partial charge < -0.3 is 10.6 Å². The zero-order valence-electron chi connectivity index (χ0n) is 7.10. The highest BCUT2D eigenvalue weighted by molar-refractivity contribution is 5.48. The molecule has 0 saturated heterocycles. The van der Waals surface area contributed by atoms with E-state index in [1.807, 2.05) is 0 Å². The fraction of sp³-hybridized carbons (Fsp3) is 0.375. The number of nitrogen functional groups attached to an aromatic ring is 1. The first-order valence-corrected chi connectivity index (χ1v) is 4.09. The van der Waals surface area contributed by atoms with E-state index in [4.69, 9.17) is 5.73 Å². The van der Waals surface area contributed by atoms with Crippen molar-refractivity contribution in [2.45, 2.75) is 13.0 Å². The number of aromatic nitrogens is 2.